The predicted octanol–water partition coefficient (Wildman–Crippen LogP) is 2.95. The number of methoxy groups -OCH3 is 1. The van der Waals surface area contributed by atoms with E-state index in [1.54, 1.807) is 49.4 Å². The van der Waals surface area contributed by atoms with Crippen LogP contribution in [0, 0.1) is 6.92 Å². The number of benzene rings is 2. The number of amides is 1. The maximum Gasteiger partial charge on any atom is 0.338 e. The molecule has 0 aromatic heterocycles. The van der Waals surface area contributed by atoms with E-state index in [2.05, 4.69) is 5.32 Å². The minimum Gasteiger partial charge on any atom is -0.496 e. The van der Waals surface area contributed by atoms with Crippen molar-refractivity contribution in [2.24, 2.45) is 0 Å². The summed E-state index contributed by atoms with van der Waals surface area (Å²) in [6.07, 6.45) is 0. The highest BCUT2D eigenvalue weighted by Gasteiger charge is 2.17. The second kappa shape index (κ2) is 6.09. The van der Waals surface area contributed by atoms with Gasteiger partial charge in [0.05, 0.1) is 23.9 Å². The Bertz CT molecular complexity index is 694. The molecule has 0 atom stereocenters. The van der Waals surface area contributed by atoms with Gasteiger partial charge in [-0.05, 0) is 30.7 Å². The zero-order valence-corrected chi connectivity index (χ0v) is 11.7. The van der Waals surface area contributed by atoms with Crippen LogP contribution in [-0.2, 0) is 0 Å². The molecule has 0 bridgehead atoms. The molecule has 1 amide bonds. The molecule has 0 aliphatic heterocycles. The Kier molecular flexibility index (Phi) is 4.23. The lowest BCUT2D eigenvalue weighted by atomic mass is 10.1. The van der Waals surface area contributed by atoms with E-state index in [0.29, 0.717) is 16.9 Å². The first kappa shape index (κ1) is 14.6. The summed E-state index contributed by atoms with van der Waals surface area (Å²) >= 11 is 0. The highest BCUT2D eigenvalue weighted by molar-refractivity contribution is 6.09. The third-order valence-corrected chi connectivity index (χ3v) is 3.09. The highest BCUT2D eigenvalue weighted by Crippen LogP contribution is 2.23. The molecule has 0 heterocycles. The zero-order chi connectivity index (χ0) is 15.4. The molecule has 21 heavy (non-hydrogen) atoms. The van der Waals surface area contributed by atoms with Crippen LogP contribution in [0.2, 0.25) is 0 Å². The summed E-state index contributed by atoms with van der Waals surface area (Å²) in [6, 6.07) is 11.7. The van der Waals surface area contributed by atoms with Crippen molar-refractivity contribution >= 4 is 17.6 Å². The minimum atomic E-state index is -1.08. The normalized spacial score (nSPS) is 10.0. The van der Waals surface area contributed by atoms with E-state index in [1.807, 2.05) is 0 Å². The van der Waals surface area contributed by atoms with E-state index in [0.717, 1.165) is 0 Å². The van der Waals surface area contributed by atoms with Crippen molar-refractivity contribution in [1.82, 2.24) is 0 Å². The number of aromatic carboxylic acids is 1. The Morgan fingerprint density at radius 3 is 2.48 bits per heavy atom. The first-order valence-electron chi connectivity index (χ1n) is 6.32. The fourth-order valence-corrected chi connectivity index (χ4v) is 2.08. The maximum atomic E-state index is 12.3. The third kappa shape index (κ3) is 3.02. The number of anilines is 1. The second-order valence-corrected chi connectivity index (χ2v) is 4.46. The molecular weight excluding hydrogens is 270 g/mol. The summed E-state index contributed by atoms with van der Waals surface area (Å²) < 4.78 is 5.13. The Morgan fingerprint density at radius 1 is 1.10 bits per heavy atom. The number of carboxylic acids is 1. The minimum absolute atomic E-state index is 0.0840. The average molecular weight is 285 g/mol. The van der Waals surface area contributed by atoms with Crippen LogP contribution in [0.5, 0.6) is 5.75 Å². The first-order valence-corrected chi connectivity index (χ1v) is 6.32. The lowest BCUT2D eigenvalue weighted by Crippen LogP contribution is -2.16. The van der Waals surface area contributed by atoms with Gasteiger partial charge in [0.15, 0.2) is 0 Å². The zero-order valence-electron chi connectivity index (χ0n) is 11.7. The van der Waals surface area contributed by atoms with Gasteiger partial charge in [0.2, 0.25) is 0 Å². The first-order chi connectivity index (χ1) is 10.0. The van der Waals surface area contributed by atoms with Crippen molar-refractivity contribution in [2.75, 3.05) is 12.4 Å². The number of carbonyl (C=O) groups excluding carboxylic acids is 1. The molecule has 2 N–H and O–H groups in total. The quantitative estimate of drug-likeness (QED) is 0.905. The number of ether oxygens (including phenoxy) is 1. The van der Waals surface area contributed by atoms with Crippen LogP contribution in [-0.4, -0.2) is 24.1 Å². The Hall–Kier alpha value is -2.82. The number of hydrogen-bond donors (Lipinski definition) is 2. The molecule has 5 heteroatoms. The molecule has 5 nitrogen and oxygen atoms in total. The smallest absolute Gasteiger partial charge is 0.338 e. The standard InChI is InChI=1S/C16H15NO4/c1-10-6-5-8-12(14(10)16(19)20)17-15(18)11-7-3-4-9-13(11)21-2/h3-9H,1-2H3,(H,17,18)(H,19,20). The molecule has 2 rings (SSSR count). The molecule has 0 fully saturated rings. The summed E-state index contributed by atoms with van der Waals surface area (Å²) in [4.78, 5) is 23.6. The maximum absolute atomic E-state index is 12.3. The van der Waals surface area contributed by atoms with Gasteiger partial charge in [-0.3, -0.25) is 4.79 Å². The molecule has 2 aromatic carbocycles. The van der Waals surface area contributed by atoms with E-state index in [1.165, 1.54) is 7.11 Å². The van der Waals surface area contributed by atoms with Crippen molar-refractivity contribution in [2.45, 2.75) is 6.92 Å². The molecule has 0 spiro atoms. The van der Waals surface area contributed by atoms with Gasteiger partial charge in [0.25, 0.3) is 5.91 Å². The SMILES string of the molecule is COc1ccccc1C(=O)Nc1cccc(C)c1C(=O)O. The molecule has 0 saturated heterocycles. The lowest BCUT2D eigenvalue weighted by Gasteiger charge is -2.12. The Balaban J connectivity index is 2.37. The van der Waals surface area contributed by atoms with E-state index in [-0.39, 0.29) is 11.3 Å². The van der Waals surface area contributed by atoms with Gasteiger partial charge in [-0.25, -0.2) is 4.79 Å². The van der Waals surface area contributed by atoms with Crippen LogP contribution in [0.4, 0.5) is 5.69 Å². The molecule has 0 aliphatic carbocycles. The molecule has 0 aliphatic rings. The van der Waals surface area contributed by atoms with Crippen molar-refractivity contribution < 1.29 is 19.4 Å². The van der Waals surface area contributed by atoms with Gasteiger partial charge >= 0.3 is 5.97 Å². The number of para-hydroxylation sites is 1. The largest absolute Gasteiger partial charge is 0.496 e. The Morgan fingerprint density at radius 2 is 1.81 bits per heavy atom. The predicted molar refractivity (Wildman–Crippen MR) is 79.1 cm³/mol. The fourth-order valence-electron chi connectivity index (χ4n) is 2.08. The number of nitrogens with one attached hydrogen (secondary N) is 1. The van der Waals surface area contributed by atoms with Gasteiger partial charge in [0, 0.05) is 0 Å². The highest BCUT2D eigenvalue weighted by atomic mass is 16.5. The number of carboxylic acid groups (broad SMARTS) is 1. The van der Waals surface area contributed by atoms with Crippen LogP contribution >= 0.6 is 0 Å². The van der Waals surface area contributed by atoms with Crippen LogP contribution in [0.3, 0.4) is 0 Å². The van der Waals surface area contributed by atoms with E-state index in [4.69, 9.17) is 4.74 Å². The summed E-state index contributed by atoms with van der Waals surface area (Å²) in [5.74, 6) is -1.07. The van der Waals surface area contributed by atoms with Crippen LogP contribution < -0.4 is 10.1 Å². The van der Waals surface area contributed by atoms with Crippen LogP contribution in [0.15, 0.2) is 42.5 Å². The summed E-state index contributed by atoms with van der Waals surface area (Å²) in [7, 11) is 1.47. The number of rotatable bonds is 4. The molecule has 0 saturated carbocycles. The average Bonchev–Trinajstić information content (AvgIpc) is 2.46. The van der Waals surface area contributed by atoms with Gasteiger partial charge in [-0.2, -0.15) is 0 Å². The van der Waals surface area contributed by atoms with Crippen LogP contribution in [0.1, 0.15) is 26.3 Å². The Labute approximate surface area is 122 Å². The topological polar surface area (TPSA) is 75.6 Å². The molecule has 108 valence electrons. The summed E-state index contributed by atoms with van der Waals surface area (Å²) in [5.41, 5.74) is 1.28. The summed E-state index contributed by atoms with van der Waals surface area (Å²) in [5, 5.41) is 11.9. The second-order valence-electron chi connectivity index (χ2n) is 4.46. The number of hydrogen-bond acceptors (Lipinski definition) is 3. The third-order valence-electron chi connectivity index (χ3n) is 3.09. The van der Waals surface area contributed by atoms with Crippen molar-refractivity contribution in [3.8, 4) is 5.75 Å². The van der Waals surface area contributed by atoms with Crippen molar-refractivity contribution in [1.29, 1.82) is 0 Å². The van der Waals surface area contributed by atoms with E-state index in [9.17, 15) is 14.7 Å². The fraction of sp³-hybridized carbons (Fsp3) is 0.125. The molecule has 0 radical (unpaired) electrons. The van der Waals surface area contributed by atoms with Gasteiger partial charge in [-0.15, -0.1) is 0 Å². The molecule has 2 aromatic rings. The van der Waals surface area contributed by atoms with Crippen molar-refractivity contribution in [3.05, 3.63) is 59.2 Å². The van der Waals surface area contributed by atoms with Crippen molar-refractivity contribution in [3.63, 3.8) is 0 Å². The van der Waals surface area contributed by atoms with E-state index < -0.39 is 11.9 Å². The van der Waals surface area contributed by atoms with E-state index >= 15 is 0 Å². The van der Waals surface area contributed by atoms with Gasteiger partial charge < -0.3 is 15.2 Å². The van der Waals surface area contributed by atoms with Gasteiger partial charge in [-0.1, -0.05) is 24.3 Å². The molecule has 0 unspecified atom stereocenters. The molecular formula is C16H15NO4. The lowest BCUT2D eigenvalue weighted by molar-refractivity contribution is 0.0697. The monoisotopic (exact) mass is 285 g/mol. The number of aryl methyl sites for hydroxylation is 1. The summed E-state index contributed by atoms with van der Waals surface area (Å²) in [6.45, 7) is 1.68. The van der Waals surface area contributed by atoms with Crippen LogP contribution in [0.25, 0.3) is 0 Å². The number of carbonyl (C=O) groups is 2. The van der Waals surface area contributed by atoms with Gasteiger partial charge in [0.1, 0.15) is 5.75 Å².